The topological polar surface area (TPSA) is 111 Å². The summed E-state index contributed by atoms with van der Waals surface area (Å²) in [7, 11) is 1.25. The van der Waals surface area contributed by atoms with Crippen LogP contribution in [0.4, 0.5) is 0 Å². The molecule has 5 aromatic rings. The van der Waals surface area contributed by atoms with Crippen LogP contribution in [0.15, 0.2) is 92.7 Å². The van der Waals surface area contributed by atoms with Crippen molar-refractivity contribution in [3.63, 3.8) is 0 Å². The molecule has 192 valence electrons. The summed E-state index contributed by atoms with van der Waals surface area (Å²) in [5.41, 5.74) is 2.44. The van der Waals surface area contributed by atoms with Crippen LogP contribution in [-0.2, 0) is 22.6 Å². The second-order valence-electron chi connectivity index (χ2n) is 8.63. The Morgan fingerprint density at radius 1 is 1.05 bits per heavy atom. The predicted molar refractivity (Wildman–Crippen MR) is 146 cm³/mol. The van der Waals surface area contributed by atoms with Gasteiger partial charge < -0.3 is 24.2 Å². The summed E-state index contributed by atoms with van der Waals surface area (Å²) in [5.74, 6) is -1.20. The number of para-hydroxylation sites is 1. The fraction of sp³-hybridized carbons (Fsp3) is 0.138. The fourth-order valence-corrected chi connectivity index (χ4v) is 4.50. The molecule has 0 aliphatic heterocycles. The van der Waals surface area contributed by atoms with Crippen LogP contribution < -0.4 is 15.5 Å². The van der Waals surface area contributed by atoms with Crippen molar-refractivity contribution in [1.82, 2.24) is 10.3 Å². The van der Waals surface area contributed by atoms with Crippen LogP contribution in [0.25, 0.3) is 21.9 Å². The molecule has 0 fully saturated rings. The summed E-state index contributed by atoms with van der Waals surface area (Å²) >= 11 is 3.40. The zero-order valence-electron chi connectivity index (χ0n) is 20.3. The molecule has 0 spiro atoms. The standard InChI is InChI=1S/C29H23BrN2O6/c1-36-29(35)22(13-18-15-31-21-6-3-2-5-20(18)21)32-28(34)26-14-23(33)27-24(7-4-8-25(27)38-26)37-16-17-9-11-19(30)12-10-17/h2-12,14-15,22,31H,13,16H2,1H3,(H,32,34)/t22-/m1/s1. The molecule has 0 radical (unpaired) electrons. The molecular formula is C29H23BrN2O6. The van der Waals surface area contributed by atoms with Gasteiger partial charge in [-0.2, -0.15) is 0 Å². The highest BCUT2D eigenvalue weighted by Crippen LogP contribution is 2.25. The number of H-pyrrole nitrogens is 1. The molecule has 0 saturated carbocycles. The number of halogens is 1. The van der Waals surface area contributed by atoms with Gasteiger partial charge in [0.25, 0.3) is 5.91 Å². The number of ether oxygens (including phenoxy) is 2. The van der Waals surface area contributed by atoms with Crippen LogP contribution in [0.3, 0.4) is 0 Å². The lowest BCUT2D eigenvalue weighted by Crippen LogP contribution is -2.43. The number of carbonyl (C=O) groups is 2. The molecule has 0 unspecified atom stereocenters. The second kappa shape index (κ2) is 10.9. The zero-order chi connectivity index (χ0) is 26.6. The summed E-state index contributed by atoms with van der Waals surface area (Å²) < 4.78 is 17.5. The number of aromatic nitrogens is 1. The van der Waals surface area contributed by atoms with E-state index in [-0.39, 0.29) is 29.8 Å². The van der Waals surface area contributed by atoms with Gasteiger partial charge in [-0.1, -0.05) is 52.3 Å². The molecule has 2 aromatic heterocycles. The van der Waals surface area contributed by atoms with Gasteiger partial charge in [-0.15, -0.1) is 0 Å². The molecule has 3 aromatic carbocycles. The van der Waals surface area contributed by atoms with Crippen molar-refractivity contribution >= 4 is 49.7 Å². The number of amides is 1. The highest BCUT2D eigenvalue weighted by Gasteiger charge is 2.25. The molecule has 1 amide bonds. The number of esters is 1. The molecule has 8 nitrogen and oxygen atoms in total. The Morgan fingerprint density at radius 2 is 1.84 bits per heavy atom. The Balaban J connectivity index is 1.38. The summed E-state index contributed by atoms with van der Waals surface area (Å²) in [6.07, 6.45) is 1.98. The van der Waals surface area contributed by atoms with Gasteiger partial charge in [-0.3, -0.25) is 9.59 Å². The van der Waals surface area contributed by atoms with Crippen LogP contribution >= 0.6 is 15.9 Å². The van der Waals surface area contributed by atoms with E-state index in [1.165, 1.54) is 7.11 Å². The van der Waals surface area contributed by atoms with Gasteiger partial charge in [0, 0.05) is 34.1 Å². The molecule has 2 N–H and O–H groups in total. The summed E-state index contributed by atoms with van der Waals surface area (Å²) in [6.45, 7) is 0.253. The summed E-state index contributed by atoms with van der Waals surface area (Å²) in [6, 6.07) is 20.3. The van der Waals surface area contributed by atoms with E-state index in [1.807, 2.05) is 48.5 Å². The van der Waals surface area contributed by atoms with Crippen molar-refractivity contribution in [2.45, 2.75) is 19.1 Å². The van der Waals surface area contributed by atoms with Gasteiger partial charge in [0.05, 0.1) is 7.11 Å². The molecular weight excluding hydrogens is 552 g/mol. The van der Waals surface area contributed by atoms with Gasteiger partial charge in [0.1, 0.15) is 29.4 Å². The Bertz CT molecular complexity index is 1690. The third kappa shape index (κ3) is 5.33. The number of rotatable bonds is 8. The first-order chi connectivity index (χ1) is 18.4. The van der Waals surface area contributed by atoms with Crippen molar-refractivity contribution < 1.29 is 23.5 Å². The summed E-state index contributed by atoms with van der Waals surface area (Å²) in [4.78, 5) is 41.8. The molecule has 0 bridgehead atoms. The van der Waals surface area contributed by atoms with Crippen LogP contribution in [0.2, 0.25) is 0 Å². The normalized spacial score (nSPS) is 11.8. The van der Waals surface area contributed by atoms with Crippen LogP contribution in [0, 0.1) is 0 Å². The Hall–Kier alpha value is -4.37. The number of fused-ring (bicyclic) bond motifs is 2. The fourth-order valence-electron chi connectivity index (χ4n) is 4.24. The zero-order valence-corrected chi connectivity index (χ0v) is 21.9. The molecule has 1 atom stereocenters. The quantitative estimate of drug-likeness (QED) is 0.248. The Kier molecular flexibility index (Phi) is 7.28. The van der Waals surface area contributed by atoms with E-state index in [0.29, 0.717) is 5.75 Å². The van der Waals surface area contributed by atoms with Crippen molar-refractivity contribution in [2.24, 2.45) is 0 Å². The molecule has 0 aliphatic carbocycles. The maximum absolute atomic E-state index is 13.1. The van der Waals surface area contributed by atoms with Gasteiger partial charge in [-0.25, -0.2) is 4.79 Å². The SMILES string of the molecule is COC(=O)[C@@H](Cc1c[nH]c2ccccc12)NC(=O)c1cc(=O)c2c(OCc3ccc(Br)cc3)cccc2o1. The minimum absolute atomic E-state index is 0.189. The first kappa shape index (κ1) is 25.3. The second-order valence-corrected chi connectivity index (χ2v) is 9.55. The number of benzene rings is 3. The number of hydrogen-bond acceptors (Lipinski definition) is 6. The highest BCUT2D eigenvalue weighted by molar-refractivity contribution is 9.10. The Labute approximate surface area is 225 Å². The van der Waals surface area contributed by atoms with Crippen molar-refractivity contribution in [3.05, 3.63) is 111 Å². The van der Waals surface area contributed by atoms with E-state index in [9.17, 15) is 14.4 Å². The van der Waals surface area contributed by atoms with Gasteiger partial charge >= 0.3 is 5.97 Å². The molecule has 2 heterocycles. The number of carbonyl (C=O) groups excluding carboxylic acids is 2. The van der Waals surface area contributed by atoms with Gasteiger partial charge in [-0.05, 0) is 41.5 Å². The third-order valence-electron chi connectivity index (χ3n) is 6.14. The maximum atomic E-state index is 13.1. The number of hydrogen-bond donors (Lipinski definition) is 2. The van der Waals surface area contributed by atoms with Gasteiger partial charge in [0.15, 0.2) is 11.2 Å². The van der Waals surface area contributed by atoms with Crippen molar-refractivity contribution in [2.75, 3.05) is 7.11 Å². The van der Waals surface area contributed by atoms with E-state index in [2.05, 4.69) is 26.2 Å². The largest absolute Gasteiger partial charge is 0.488 e. The monoisotopic (exact) mass is 574 g/mol. The first-order valence-corrected chi connectivity index (χ1v) is 12.6. The third-order valence-corrected chi connectivity index (χ3v) is 6.67. The molecule has 0 aliphatic rings. The lowest BCUT2D eigenvalue weighted by Gasteiger charge is -2.16. The van der Waals surface area contributed by atoms with Crippen molar-refractivity contribution in [1.29, 1.82) is 0 Å². The number of nitrogens with one attached hydrogen (secondary N) is 2. The van der Waals surface area contributed by atoms with Crippen LogP contribution in [0.5, 0.6) is 5.75 Å². The van der Waals surface area contributed by atoms with E-state index in [1.54, 1.807) is 24.4 Å². The van der Waals surface area contributed by atoms with E-state index < -0.39 is 23.3 Å². The number of methoxy groups -OCH3 is 1. The van der Waals surface area contributed by atoms with Crippen molar-refractivity contribution in [3.8, 4) is 5.75 Å². The predicted octanol–water partition coefficient (Wildman–Crippen LogP) is 5.13. The maximum Gasteiger partial charge on any atom is 0.328 e. The first-order valence-electron chi connectivity index (χ1n) is 11.8. The molecule has 5 rings (SSSR count). The minimum atomic E-state index is -0.992. The van der Waals surface area contributed by atoms with Crippen LogP contribution in [-0.4, -0.2) is 30.0 Å². The minimum Gasteiger partial charge on any atom is -0.488 e. The average molecular weight is 575 g/mol. The smallest absolute Gasteiger partial charge is 0.328 e. The molecule has 38 heavy (non-hydrogen) atoms. The lowest BCUT2D eigenvalue weighted by atomic mass is 10.0. The van der Waals surface area contributed by atoms with E-state index in [0.717, 1.165) is 32.6 Å². The van der Waals surface area contributed by atoms with Gasteiger partial charge in [0.2, 0.25) is 0 Å². The summed E-state index contributed by atoms with van der Waals surface area (Å²) in [5, 5.41) is 3.81. The highest BCUT2D eigenvalue weighted by atomic mass is 79.9. The average Bonchev–Trinajstić information content (AvgIpc) is 3.34. The van der Waals surface area contributed by atoms with E-state index in [4.69, 9.17) is 13.9 Å². The van der Waals surface area contributed by atoms with E-state index >= 15 is 0 Å². The lowest BCUT2D eigenvalue weighted by molar-refractivity contribution is -0.142. The van der Waals surface area contributed by atoms with Crippen LogP contribution in [0.1, 0.15) is 21.7 Å². The Morgan fingerprint density at radius 3 is 2.63 bits per heavy atom. The number of aromatic amines is 1. The molecule has 0 saturated heterocycles. The molecule has 9 heteroatoms.